The number of halogens is 2. The van der Waals surface area contributed by atoms with E-state index in [1.807, 2.05) is 16.7 Å². The Bertz CT molecular complexity index is 412. The second-order valence-corrected chi connectivity index (χ2v) is 5.58. The normalized spacial score (nSPS) is 20.6. The minimum Gasteiger partial charge on any atom is -0.395 e. The molecule has 0 saturated carbocycles. The largest absolute Gasteiger partial charge is 0.395 e. The Morgan fingerprint density at radius 1 is 1.47 bits per heavy atom. The smallest absolute Gasteiger partial charge is 0.151 e. The van der Waals surface area contributed by atoms with E-state index in [0.717, 1.165) is 31.3 Å². The van der Waals surface area contributed by atoms with Gasteiger partial charge in [-0.3, -0.25) is 0 Å². The first kappa shape index (κ1) is 12.5. The molecule has 0 radical (unpaired) electrons. The molecule has 17 heavy (non-hydrogen) atoms. The summed E-state index contributed by atoms with van der Waals surface area (Å²) in [7, 11) is 0. The maximum atomic E-state index is 13.4. The van der Waals surface area contributed by atoms with Crippen molar-refractivity contribution in [2.75, 3.05) is 29.5 Å². The molecule has 5 heteroatoms. The first-order valence-corrected chi connectivity index (χ1v) is 6.77. The molecule has 0 amide bonds. The van der Waals surface area contributed by atoms with Gasteiger partial charge in [0, 0.05) is 30.2 Å². The average Bonchev–Trinajstić information content (AvgIpc) is 2.34. The van der Waals surface area contributed by atoms with Crippen LogP contribution < -0.4 is 10.6 Å². The summed E-state index contributed by atoms with van der Waals surface area (Å²) in [5.74, 6) is -0.278. The molecule has 2 rings (SSSR count). The highest BCUT2D eigenvalue weighted by Crippen LogP contribution is 2.31. The van der Waals surface area contributed by atoms with Crippen molar-refractivity contribution in [3.8, 4) is 0 Å². The van der Waals surface area contributed by atoms with Crippen LogP contribution >= 0.6 is 11.8 Å². The number of nitrogens with two attached hydrogens (primary N) is 1. The maximum absolute atomic E-state index is 13.4. The molecule has 0 aromatic heterocycles. The van der Waals surface area contributed by atoms with E-state index in [-0.39, 0.29) is 5.69 Å². The van der Waals surface area contributed by atoms with E-state index in [4.69, 9.17) is 5.73 Å². The average molecular weight is 258 g/mol. The quantitative estimate of drug-likeness (QED) is 0.827. The highest BCUT2D eigenvalue weighted by atomic mass is 32.2. The van der Waals surface area contributed by atoms with Crippen molar-refractivity contribution >= 4 is 23.1 Å². The predicted molar refractivity (Wildman–Crippen MR) is 69.5 cm³/mol. The minimum atomic E-state index is -0.675. The summed E-state index contributed by atoms with van der Waals surface area (Å²) < 4.78 is 26.6. The summed E-state index contributed by atoms with van der Waals surface area (Å²) in [5, 5.41) is 0.509. The van der Waals surface area contributed by atoms with E-state index in [0.29, 0.717) is 10.9 Å². The Morgan fingerprint density at radius 2 is 2.24 bits per heavy atom. The minimum absolute atomic E-state index is 0.0492. The van der Waals surface area contributed by atoms with Gasteiger partial charge in [0.2, 0.25) is 0 Å². The Kier molecular flexibility index (Phi) is 3.76. The summed E-state index contributed by atoms with van der Waals surface area (Å²) in [4.78, 5) is 1.98. The lowest BCUT2D eigenvalue weighted by atomic mass is 10.2. The molecule has 2 N–H and O–H groups in total. The fraction of sp³-hybridized carbons (Fsp3) is 0.500. The second-order valence-electron chi connectivity index (χ2n) is 4.17. The maximum Gasteiger partial charge on any atom is 0.151 e. The molecule has 1 heterocycles. The van der Waals surface area contributed by atoms with Crippen LogP contribution in [0.1, 0.15) is 13.3 Å². The van der Waals surface area contributed by atoms with Crippen molar-refractivity contribution in [1.29, 1.82) is 0 Å². The van der Waals surface area contributed by atoms with Gasteiger partial charge in [0.1, 0.15) is 5.82 Å². The highest BCUT2D eigenvalue weighted by Gasteiger charge is 2.22. The number of benzene rings is 1. The third kappa shape index (κ3) is 2.65. The number of hydrogen-bond acceptors (Lipinski definition) is 3. The van der Waals surface area contributed by atoms with Crippen molar-refractivity contribution < 1.29 is 8.78 Å². The van der Waals surface area contributed by atoms with E-state index in [9.17, 15) is 8.78 Å². The summed E-state index contributed by atoms with van der Waals surface area (Å²) in [6, 6.07) is 2.15. The van der Waals surface area contributed by atoms with Crippen LogP contribution in [0.2, 0.25) is 0 Å². The van der Waals surface area contributed by atoms with Crippen LogP contribution in [-0.4, -0.2) is 24.1 Å². The lowest BCUT2D eigenvalue weighted by Gasteiger charge is -2.34. The van der Waals surface area contributed by atoms with Crippen molar-refractivity contribution in [2.45, 2.75) is 18.6 Å². The molecule has 0 spiro atoms. The van der Waals surface area contributed by atoms with E-state index in [1.165, 1.54) is 6.07 Å². The zero-order chi connectivity index (χ0) is 12.4. The number of rotatable bonds is 2. The molecule has 1 aliphatic heterocycles. The lowest BCUT2D eigenvalue weighted by Crippen LogP contribution is -2.38. The van der Waals surface area contributed by atoms with Crippen molar-refractivity contribution in [1.82, 2.24) is 0 Å². The van der Waals surface area contributed by atoms with Crippen molar-refractivity contribution in [3.05, 3.63) is 23.8 Å². The van der Waals surface area contributed by atoms with Gasteiger partial charge >= 0.3 is 0 Å². The lowest BCUT2D eigenvalue weighted by molar-refractivity contribution is 0.584. The molecule has 0 aliphatic carbocycles. The second kappa shape index (κ2) is 5.12. The van der Waals surface area contributed by atoms with Gasteiger partial charge in [-0.1, -0.05) is 6.92 Å². The van der Waals surface area contributed by atoms with Gasteiger partial charge in [-0.05, 0) is 12.5 Å². The Hall–Kier alpha value is -0.970. The number of nitrogen functional groups attached to an aromatic ring is 1. The van der Waals surface area contributed by atoms with E-state index in [2.05, 4.69) is 6.92 Å². The van der Waals surface area contributed by atoms with Crippen LogP contribution in [-0.2, 0) is 0 Å². The van der Waals surface area contributed by atoms with Gasteiger partial charge in [0.15, 0.2) is 5.82 Å². The summed E-state index contributed by atoms with van der Waals surface area (Å²) in [5.41, 5.74) is 6.22. The van der Waals surface area contributed by atoms with Gasteiger partial charge in [-0.2, -0.15) is 11.8 Å². The van der Waals surface area contributed by atoms with Crippen molar-refractivity contribution in [2.24, 2.45) is 0 Å². The highest BCUT2D eigenvalue weighted by molar-refractivity contribution is 8.00. The first-order chi connectivity index (χ1) is 8.11. The van der Waals surface area contributed by atoms with Crippen LogP contribution in [0.25, 0.3) is 0 Å². The van der Waals surface area contributed by atoms with Gasteiger partial charge in [-0.15, -0.1) is 0 Å². The van der Waals surface area contributed by atoms with Gasteiger partial charge in [0.05, 0.1) is 11.4 Å². The molecule has 1 saturated heterocycles. The van der Waals surface area contributed by atoms with Crippen LogP contribution in [0.3, 0.4) is 0 Å². The third-order valence-corrected chi connectivity index (χ3v) is 4.38. The molecule has 1 fully saturated rings. The van der Waals surface area contributed by atoms with Crippen LogP contribution in [0.5, 0.6) is 0 Å². The summed E-state index contributed by atoms with van der Waals surface area (Å²) >= 11 is 1.91. The summed E-state index contributed by atoms with van der Waals surface area (Å²) in [6.07, 6.45) is 1.05. The molecular weight excluding hydrogens is 242 g/mol. The molecular formula is C12H16F2N2S. The number of anilines is 2. The number of thioether (sulfide) groups is 1. The fourth-order valence-corrected chi connectivity index (χ4v) is 3.20. The molecule has 1 atom stereocenters. The number of nitrogens with zero attached hydrogens (tertiary/aromatic N) is 1. The third-order valence-electron chi connectivity index (χ3n) is 3.01. The molecule has 94 valence electrons. The van der Waals surface area contributed by atoms with E-state index in [1.54, 1.807) is 0 Å². The summed E-state index contributed by atoms with van der Waals surface area (Å²) in [6.45, 7) is 3.71. The van der Waals surface area contributed by atoms with Crippen LogP contribution in [0, 0.1) is 11.6 Å². The Morgan fingerprint density at radius 3 is 2.94 bits per heavy atom. The predicted octanol–water partition coefficient (Wildman–Crippen LogP) is 2.88. The monoisotopic (exact) mass is 258 g/mol. The Balaban J connectivity index is 2.27. The van der Waals surface area contributed by atoms with Gasteiger partial charge < -0.3 is 10.6 Å². The standard InChI is InChI=1S/C12H16F2N2S/c1-2-9-7-16(3-4-17-9)11-6-8(13)5-10(14)12(11)15/h5-6,9H,2-4,7,15H2,1H3. The first-order valence-electron chi connectivity index (χ1n) is 5.73. The molecule has 2 nitrogen and oxygen atoms in total. The van der Waals surface area contributed by atoms with Gasteiger partial charge in [0.25, 0.3) is 0 Å². The fourth-order valence-electron chi connectivity index (χ4n) is 2.02. The van der Waals surface area contributed by atoms with Crippen LogP contribution in [0.4, 0.5) is 20.2 Å². The number of hydrogen-bond donors (Lipinski definition) is 1. The van der Waals surface area contributed by atoms with E-state index >= 15 is 0 Å². The SMILES string of the molecule is CCC1CN(c2cc(F)cc(F)c2N)CCS1. The van der Waals surface area contributed by atoms with Gasteiger partial charge in [-0.25, -0.2) is 8.78 Å². The molecule has 1 unspecified atom stereocenters. The van der Waals surface area contributed by atoms with E-state index < -0.39 is 11.6 Å². The molecule has 0 bridgehead atoms. The zero-order valence-corrected chi connectivity index (χ0v) is 10.6. The molecule has 1 aromatic carbocycles. The van der Waals surface area contributed by atoms with Crippen molar-refractivity contribution in [3.63, 3.8) is 0 Å². The molecule has 1 aliphatic rings. The topological polar surface area (TPSA) is 29.3 Å². The zero-order valence-electron chi connectivity index (χ0n) is 9.75. The van der Waals surface area contributed by atoms with Crippen LogP contribution in [0.15, 0.2) is 12.1 Å². The Labute approximate surface area is 104 Å². The molecule has 1 aromatic rings.